The second-order valence-corrected chi connectivity index (χ2v) is 10.7. The Hall–Kier alpha value is -5.80. The Balaban J connectivity index is 1.35. The summed E-state index contributed by atoms with van der Waals surface area (Å²) in [5, 5.41) is 2.14. The van der Waals surface area contributed by atoms with E-state index in [2.05, 4.69) is 97.1 Å². The predicted octanol–water partition coefficient (Wildman–Crippen LogP) is 10.7. The lowest BCUT2D eigenvalue weighted by atomic mass is 9.94. The van der Waals surface area contributed by atoms with E-state index in [0.29, 0.717) is 5.82 Å². The summed E-state index contributed by atoms with van der Waals surface area (Å²) in [5.74, 6) is 0.676. The van der Waals surface area contributed by atoms with Crippen LogP contribution in [0.1, 0.15) is 0 Å². The van der Waals surface area contributed by atoms with Gasteiger partial charge in [0.1, 0.15) is 11.2 Å². The number of rotatable bonds is 5. The van der Waals surface area contributed by atoms with Crippen molar-refractivity contribution in [1.29, 1.82) is 0 Å². The Bertz CT molecular complexity index is 2160. The van der Waals surface area contributed by atoms with E-state index in [9.17, 15) is 0 Å². The summed E-state index contributed by atoms with van der Waals surface area (Å²) < 4.78 is 6.10. The summed E-state index contributed by atoms with van der Waals surface area (Å²) in [7, 11) is 0. The minimum atomic E-state index is 0.676. The molecular weight excluding hydrogens is 524 g/mol. The minimum Gasteiger partial charge on any atom is -0.456 e. The highest BCUT2D eigenvalue weighted by Crippen LogP contribution is 2.36. The molecule has 0 unspecified atom stereocenters. The van der Waals surface area contributed by atoms with E-state index in [4.69, 9.17) is 14.4 Å². The Kier molecular flexibility index (Phi) is 6.12. The second kappa shape index (κ2) is 10.6. The fourth-order valence-corrected chi connectivity index (χ4v) is 5.72. The molecule has 0 amide bonds. The monoisotopic (exact) mass is 550 g/mol. The molecule has 3 nitrogen and oxygen atoms in total. The molecule has 0 aliphatic heterocycles. The molecule has 2 aromatic heterocycles. The standard InChI is InChI=1S/C40H26N2O/c1-4-12-27(13-5-1)31-22-32(28-14-6-2-7-15-28)24-33(23-31)37-26-36(29-16-8-3-9-17-29)41-40(42-37)30-20-21-39-35(25-30)34-18-10-11-19-38(34)43-39/h1-26H. The van der Waals surface area contributed by atoms with Gasteiger partial charge in [-0.2, -0.15) is 0 Å². The van der Waals surface area contributed by atoms with Crippen molar-refractivity contribution in [2.45, 2.75) is 0 Å². The zero-order chi connectivity index (χ0) is 28.6. The maximum atomic E-state index is 6.10. The molecule has 202 valence electrons. The van der Waals surface area contributed by atoms with Crippen molar-refractivity contribution in [3.8, 4) is 56.2 Å². The quantitative estimate of drug-likeness (QED) is 0.214. The van der Waals surface area contributed by atoms with Crippen LogP contribution in [-0.4, -0.2) is 9.97 Å². The number of hydrogen-bond donors (Lipinski definition) is 0. The van der Waals surface area contributed by atoms with Crippen molar-refractivity contribution in [1.82, 2.24) is 9.97 Å². The van der Waals surface area contributed by atoms with Crippen molar-refractivity contribution in [2.75, 3.05) is 0 Å². The molecule has 0 atom stereocenters. The summed E-state index contributed by atoms with van der Waals surface area (Å²) in [6.45, 7) is 0. The zero-order valence-electron chi connectivity index (χ0n) is 23.3. The number of aromatic nitrogens is 2. The van der Waals surface area contributed by atoms with Crippen LogP contribution in [0.3, 0.4) is 0 Å². The summed E-state index contributed by atoms with van der Waals surface area (Å²) in [6, 6.07) is 54.5. The molecule has 0 aliphatic rings. The normalized spacial score (nSPS) is 11.3. The third kappa shape index (κ3) is 4.77. The Morgan fingerprint density at radius 1 is 0.326 bits per heavy atom. The maximum Gasteiger partial charge on any atom is 0.160 e. The number of hydrogen-bond acceptors (Lipinski definition) is 3. The molecule has 0 saturated carbocycles. The molecule has 0 fully saturated rings. The Morgan fingerprint density at radius 2 is 0.837 bits per heavy atom. The van der Waals surface area contributed by atoms with Gasteiger partial charge in [-0.25, -0.2) is 9.97 Å². The van der Waals surface area contributed by atoms with Gasteiger partial charge in [0.05, 0.1) is 11.4 Å². The summed E-state index contributed by atoms with van der Waals surface area (Å²) in [5.41, 5.74) is 11.1. The topological polar surface area (TPSA) is 38.9 Å². The fourth-order valence-electron chi connectivity index (χ4n) is 5.72. The lowest BCUT2D eigenvalue weighted by Gasteiger charge is -2.13. The molecule has 43 heavy (non-hydrogen) atoms. The van der Waals surface area contributed by atoms with Crippen molar-refractivity contribution < 1.29 is 4.42 Å². The fraction of sp³-hybridized carbons (Fsp3) is 0. The number of nitrogens with zero attached hydrogens (tertiary/aromatic N) is 2. The lowest BCUT2D eigenvalue weighted by Crippen LogP contribution is -1.96. The number of fused-ring (bicyclic) bond motifs is 3. The van der Waals surface area contributed by atoms with Crippen molar-refractivity contribution >= 4 is 21.9 Å². The number of para-hydroxylation sites is 1. The second-order valence-electron chi connectivity index (χ2n) is 10.7. The molecule has 0 aliphatic carbocycles. The summed E-state index contributed by atoms with van der Waals surface area (Å²) >= 11 is 0. The van der Waals surface area contributed by atoms with Crippen LogP contribution in [0.5, 0.6) is 0 Å². The van der Waals surface area contributed by atoms with Gasteiger partial charge in [0.15, 0.2) is 5.82 Å². The number of furan rings is 1. The maximum absolute atomic E-state index is 6.10. The Labute approximate surface area is 249 Å². The number of benzene rings is 6. The predicted molar refractivity (Wildman–Crippen MR) is 176 cm³/mol. The van der Waals surface area contributed by atoms with E-state index in [1.165, 1.54) is 0 Å². The largest absolute Gasteiger partial charge is 0.456 e. The molecule has 8 rings (SSSR count). The first-order chi connectivity index (χ1) is 21.3. The van der Waals surface area contributed by atoms with Crippen LogP contribution >= 0.6 is 0 Å². The van der Waals surface area contributed by atoms with Gasteiger partial charge in [0.2, 0.25) is 0 Å². The van der Waals surface area contributed by atoms with Crippen LogP contribution in [0.4, 0.5) is 0 Å². The summed E-state index contributed by atoms with van der Waals surface area (Å²) in [4.78, 5) is 10.3. The van der Waals surface area contributed by atoms with E-state index < -0.39 is 0 Å². The van der Waals surface area contributed by atoms with Gasteiger partial charge < -0.3 is 4.42 Å². The highest BCUT2D eigenvalue weighted by Gasteiger charge is 2.15. The summed E-state index contributed by atoms with van der Waals surface area (Å²) in [6.07, 6.45) is 0. The molecule has 0 bridgehead atoms. The van der Waals surface area contributed by atoms with E-state index in [-0.39, 0.29) is 0 Å². The third-order valence-electron chi connectivity index (χ3n) is 7.87. The van der Waals surface area contributed by atoms with Crippen molar-refractivity contribution in [2.24, 2.45) is 0 Å². The molecule has 8 aromatic rings. The lowest BCUT2D eigenvalue weighted by molar-refractivity contribution is 0.669. The van der Waals surface area contributed by atoms with Crippen LogP contribution in [-0.2, 0) is 0 Å². The van der Waals surface area contributed by atoms with Gasteiger partial charge in [-0.05, 0) is 70.8 Å². The molecule has 0 spiro atoms. The molecule has 0 N–H and O–H groups in total. The first-order valence-electron chi connectivity index (χ1n) is 14.4. The van der Waals surface area contributed by atoms with Gasteiger partial charge >= 0.3 is 0 Å². The SMILES string of the molecule is c1ccc(-c2cc(-c3ccccc3)cc(-c3cc(-c4ccccc4)nc(-c4ccc5oc6ccccc6c5c4)n3)c2)cc1. The molecule has 2 heterocycles. The smallest absolute Gasteiger partial charge is 0.160 e. The molecule has 6 aromatic carbocycles. The van der Waals surface area contributed by atoms with Gasteiger partial charge in [-0.3, -0.25) is 0 Å². The molecule has 3 heteroatoms. The van der Waals surface area contributed by atoms with Crippen LogP contribution in [0.2, 0.25) is 0 Å². The van der Waals surface area contributed by atoms with E-state index >= 15 is 0 Å². The first kappa shape index (κ1) is 25.0. The van der Waals surface area contributed by atoms with Gasteiger partial charge in [0, 0.05) is 27.5 Å². The van der Waals surface area contributed by atoms with E-state index in [1.54, 1.807) is 0 Å². The van der Waals surface area contributed by atoms with Gasteiger partial charge in [-0.1, -0.05) is 109 Å². The average Bonchev–Trinajstić information content (AvgIpc) is 3.47. The third-order valence-corrected chi connectivity index (χ3v) is 7.87. The highest BCUT2D eigenvalue weighted by molar-refractivity contribution is 6.06. The zero-order valence-corrected chi connectivity index (χ0v) is 23.3. The van der Waals surface area contributed by atoms with Gasteiger partial charge in [0.25, 0.3) is 0 Å². The molecular formula is C40H26N2O. The minimum absolute atomic E-state index is 0.676. The van der Waals surface area contributed by atoms with E-state index in [0.717, 1.165) is 72.3 Å². The van der Waals surface area contributed by atoms with Crippen LogP contribution in [0.25, 0.3) is 78.1 Å². The first-order valence-corrected chi connectivity index (χ1v) is 14.4. The van der Waals surface area contributed by atoms with E-state index in [1.807, 2.05) is 60.7 Å². The van der Waals surface area contributed by atoms with Crippen LogP contribution in [0, 0.1) is 0 Å². The van der Waals surface area contributed by atoms with Crippen LogP contribution in [0.15, 0.2) is 162 Å². The Morgan fingerprint density at radius 3 is 1.49 bits per heavy atom. The van der Waals surface area contributed by atoms with Crippen molar-refractivity contribution in [3.05, 3.63) is 158 Å². The van der Waals surface area contributed by atoms with Crippen LogP contribution < -0.4 is 0 Å². The molecule has 0 saturated heterocycles. The highest BCUT2D eigenvalue weighted by atomic mass is 16.3. The van der Waals surface area contributed by atoms with Gasteiger partial charge in [-0.15, -0.1) is 0 Å². The average molecular weight is 551 g/mol. The molecule has 0 radical (unpaired) electrons. The van der Waals surface area contributed by atoms with Crippen molar-refractivity contribution in [3.63, 3.8) is 0 Å².